The zero-order chi connectivity index (χ0) is 18.2. The number of alkyl halides is 2. The van der Waals surface area contributed by atoms with E-state index in [1.807, 2.05) is 0 Å². The van der Waals surface area contributed by atoms with Gasteiger partial charge in [0.15, 0.2) is 6.61 Å². The summed E-state index contributed by atoms with van der Waals surface area (Å²) in [6.07, 6.45) is 0. The minimum atomic E-state index is -2.94. The van der Waals surface area contributed by atoms with E-state index in [1.165, 1.54) is 31.4 Å². The van der Waals surface area contributed by atoms with Crippen LogP contribution < -0.4 is 14.8 Å². The van der Waals surface area contributed by atoms with Gasteiger partial charge in [0.1, 0.15) is 11.5 Å². The average molecular weight is 351 g/mol. The monoisotopic (exact) mass is 351 g/mol. The van der Waals surface area contributed by atoms with E-state index < -0.39 is 25.1 Å². The number of nitrogens with one attached hydrogen (secondary N) is 1. The molecule has 0 bridgehead atoms. The third-order valence-electron chi connectivity index (χ3n) is 3.02. The first-order valence-corrected chi connectivity index (χ1v) is 7.14. The lowest BCUT2D eigenvalue weighted by Crippen LogP contribution is -2.20. The van der Waals surface area contributed by atoms with E-state index in [1.54, 1.807) is 24.3 Å². The fourth-order valence-electron chi connectivity index (χ4n) is 1.86. The maximum atomic E-state index is 12.0. The molecule has 0 fully saturated rings. The van der Waals surface area contributed by atoms with Gasteiger partial charge in [0.05, 0.1) is 12.7 Å². The Kier molecular flexibility index (Phi) is 6.27. The van der Waals surface area contributed by atoms with Gasteiger partial charge in [-0.25, -0.2) is 4.79 Å². The molecule has 0 saturated heterocycles. The third-order valence-corrected chi connectivity index (χ3v) is 3.02. The molecule has 0 aliphatic carbocycles. The van der Waals surface area contributed by atoms with Crippen LogP contribution in [0.5, 0.6) is 11.5 Å². The Bertz CT molecular complexity index is 717. The molecule has 25 heavy (non-hydrogen) atoms. The van der Waals surface area contributed by atoms with Crippen molar-refractivity contribution in [3.8, 4) is 11.5 Å². The number of benzene rings is 2. The zero-order valence-corrected chi connectivity index (χ0v) is 13.2. The number of hydrogen-bond donors (Lipinski definition) is 1. The van der Waals surface area contributed by atoms with Crippen molar-refractivity contribution in [2.45, 2.75) is 6.61 Å². The van der Waals surface area contributed by atoms with E-state index in [0.29, 0.717) is 11.4 Å². The highest BCUT2D eigenvalue weighted by Gasteiger charge is 2.11. The molecule has 1 amide bonds. The molecule has 0 heterocycles. The van der Waals surface area contributed by atoms with E-state index in [9.17, 15) is 18.4 Å². The molecule has 0 aromatic heterocycles. The minimum Gasteiger partial charge on any atom is -0.497 e. The van der Waals surface area contributed by atoms with E-state index >= 15 is 0 Å². The van der Waals surface area contributed by atoms with Gasteiger partial charge in [0.2, 0.25) is 0 Å². The molecule has 0 aliphatic heterocycles. The fourth-order valence-corrected chi connectivity index (χ4v) is 1.86. The minimum absolute atomic E-state index is 0.0798. The average Bonchev–Trinajstić information content (AvgIpc) is 2.60. The number of anilines is 1. The lowest BCUT2D eigenvalue weighted by molar-refractivity contribution is -0.119. The molecule has 0 radical (unpaired) electrons. The lowest BCUT2D eigenvalue weighted by Gasteiger charge is -2.08. The van der Waals surface area contributed by atoms with Gasteiger partial charge >= 0.3 is 12.6 Å². The molecule has 2 aromatic rings. The SMILES string of the molecule is COc1ccc(NC(=O)COC(=O)c2ccc(OC(F)F)cc2)cc1. The summed E-state index contributed by atoms with van der Waals surface area (Å²) in [6.45, 7) is -3.43. The Labute approximate surface area is 142 Å². The molecule has 0 saturated carbocycles. The summed E-state index contributed by atoms with van der Waals surface area (Å²) in [4.78, 5) is 23.6. The van der Waals surface area contributed by atoms with E-state index in [0.717, 1.165) is 0 Å². The predicted octanol–water partition coefficient (Wildman–Crippen LogP) is 3.09. The van der Waals surface area contributed by atoms with Crippen LogP contribution in [0.4, 0.5) is 14.5 Å². The van der Waals surface area contributed by atoms with Gasteiger partial charge in [-0.3, -0.25) is 4.79 Å². The molecule has 0 unspecified atom stereocenters. The Morgan fingerprint density at radius 3 is 2.16 bits per heavy atom. The standard InChI is InChI=1S/C17H15F2NO5/c1-23-13-8-4-12(5-9-13)20-15(21)10-24-16(22)11-2-6-14(7-3-11)25-17(18)19/h2-9,17H,10H2,1H3,(H,20,21). The highest BCUT2D eigenvalue weighted by atomic mass is 19.3. The summed E-state index contributed by atoms with van der Waals surface area (Å²) < 4.78 is 38.1. The molecule has 132 valence electrons. The molecule has 2 aromatic carbocycles. The van der Waals surface area contributed by atoms with Crippen LogP contribution in [0.1, 0.15) is 10.4 Å². The molecule has 8 heteroatoms. The number of esters is 1. The van der Waals surface area contributed by atoms with Gasteiger partial charge in [-0.05, 0) is 48.5 Å². The largest absolute Gasteiger partial charge is 0.497 e. The van der Waals surface area contributed by atoms with Crippen LogP contribution >= 0.6 is 0 Å². The van der Waals surface area contributed by atoms with Gasteiger partial charge in [-0.15, -0.1) is 0 Å². The van der Waals surface area contributed by atoms with Crippen molar-refractivity contribution >= 4 is 17.6 Å². The molecular formula is C17H15F2NO5. The first kappa shape index (κ1) is 18.2. The highest BCUT2D eigenvalue weighted by molar-refractivity contribution is 5.95. The van der Waals surface area contributed by atoms with Crippen LogP contribution in [0, 0.1) is 0 Å². The van der Waals surface area contributed by atoms with Gasteiger partial charge in [-0.2, -0.15) is 8.78 Å². The molecule has 1 N–H and O–H groups in total. The molecule has 2 rings (SSSR count). The van der Waals surface area contributed by atoms with Crippen molar-refractivity contribution in [1.29, 1.82) is 0 Å². The summed E-state index contributed by atoms with van der Waals surface area (Å²) in [7, 11) is 1.53. The van der Waals surface area contributed by atoms with Crippen molar-refractivity contribution < 1.29 is 32.6 Å². The van der Waals surface area contributed by atoms with Crippen molar-refractivity contribution in [3.05, 3.63) is 54.1 Å². The smallest absolute Gasteiger partial charge is 0.387 e. The maximum Gasteiger partial charge on any atom is 0.387 e. The van der Waals surface area contributed by atoms with Crippen LogP contribution in [0.3, 0.4) is 0 Å². The predicted molar refractivity (Wildman–Crippen MR) is 85.0 cm³/mol. The van der Waals surface area contributed by atoms with E-state index in [2.05, 4.69) is 10.1 Å². The Hall–Kier alpha value is -3.16. The van der Waals surface area contributed by atoms with Crippen molar-refractivity contribution in [2.24, 2.45) is 0 Å². The van der Waals surface area contributed by atoms with Gasteiger partial charge in [-0.1, -0.05) is 0 Å². The first-order valence-electron chi connectivity index (χ1n) is 7.14. The number of rotatable bonds is 7. The first-order chi connectivity index (χ1) is 12.0. The van der Waals surface area contributed by atoms with Crippen LogP contribution in [0.2, 0.25) is 0 Å². The number of ether oxygens (including phenoxy) is 3. The lowest BCUT2D eigenvalue weighted by atomic mass is 10.2. The number of hydrogen-bond acceptors (Lipinski definition) is 5. The highest BCUT2D eigenvalue weighted by Crippen LogP contribution is 2.16. The second-order valence-corrected chi connectivity index (χ2v) is 4.76. The second-order valence-electron chi connectivity index (χ2n) is 4.76. The Balaban J connectivity index is 1.83. The van der Waals surface area contributed by atoms with Crippen molar-refractivity contribution in [3.63, 3.8) is 0 Å². The normalized spacial score (nSPS) is 10.2. The summed E-state index contributed by atoms with van der Waals surface area (Å²) >= 11 is 0. The van der Waals surface area contributed by atoms with Gasteiger partial charge in [0, 0.05) is 5.69 Å². The molecular weight excluding hydrogens is 336 g/mol. The number of halogens is 2. The number of carbonyl (C=O) groups is 2. The summed E-state index contributed by atoms with van der Waals surface area (Å²) in [6, 6.07) is 11.6. The second kappa shape index (κ2) is 8.62. The molecule has 0 aliphatic rings. The summed E-state index contributed by atoms with van der Waals surface area (Å²) in [5.41, 5.74) is 0.634. The van der Waals surface area contributed by atoms with Crippen LogP contribution in [-0.4, -0.2) is 32.2 Å². The van der Waals surface area contributed by atoms with Crippen LogP contribution in [0.25, 0.3) is 0 Å². The number of carbonyl (C=O) groups excluding carboxylic acids is 2. The zero-order valence-electron chi connectivity index (χ0n) is 13.2. The summed E-state index contributed by atoms with van der Waals surface area (Å²) in [5.74, 6) is -0.711. The topological polar surface area (TPSA) is 73.9 Å². The Morgan fingerprint density at radius 1 is 1.00 bits per heavy atom. The molecule has 6 nitrogen and oxygen atoms in total. The molecule has 0 atom stereocenters. The Morgan fingerprint density at radius 2 is 1.60 bits per heavy atom. The van der Waals surface area contributed by atoms with Crippen molar-refractivity contribution in [2.75, 3.05) is 19.0 Å². The third kappa shape index (κ3) is 5.76. The number of amides is 1. The number of methoxy groups -OCH3 is 1. The van der Waals surface area contributed by atoms with E-state index in [-0.39, 0.29) is 11.3 Å². The quantitative estimate of drug-likeness (QED) is 0.776. The van der Waals surface area contributed by atoms with Crippen LogP contribution in [0.15, 0.2) is 48.5 Å². The summed E-state index contributed by atoms with van der Waals surface area (Å²) in [5, 5.41) is 2.56. The maximum absolute atomic E-state index is 12.0. The van der Waals surface area contributed by atoms with Crippen molar-refractivity contribution in [1.82, 2.24) is 0 Å². The van der Waals surface area contributed by atoms with Gasteiger partial charge < -0.3 is 19.5 Å². The molecule has 0 spiro atoms. The van der Waals surface area contributed by atoms with E-state index in [4.69, 9.17) is 9.47 Å². The van der Waals surface area contributed by atoms with Gasteiger partial charge in [0.25, 0.3) is 5.91 Å². The van der Waals surface area contributed by atoms with Crippen LogP contribution in [-0.2, 0) is 9.53 Å². The fraction of sp³-hybridized carbons (Fsp3) is 0.176.